The van der Waals surface area contributed by atoms with Gasteiger partial charge in [-0.05, 0) is 11.6 Å². The first-order valence-electron chi connectivity index (χ1n) is 4.22. The summed E-state index contributed by atoms with van der Waals surface area (Å²) in [6, 6.07) is -0.00396. The monoisotopic (exact) mass is 302 g/mol. The number of halogens is 8. The van der Waals surface area contributed by atoms with Crippen molar-refractivity contribution >= 4 is 12.4 Å². The maximum Gasteiger partial charge on any atom is 1.00 e. The molecule has 0 fully saturated rings. The normalized spacial score (nSPS) is 12.5. The molecule has 1 aromatic rings. The Morgan fingerprint density at radius 2 is 1.50 bits per heavy atom. The molecule has 0 bridgehead atoms. The van der Waals surface area contributed by atoms with Gasteiger partial charge in [0.1, 0.15) is 0 Å². The Balaban J connectivity index is 0.00000289. The van der Waals surface area contributed by atoms with Crippen LogP contribution in [-0.2, 0) is 6.18 Å². The van der Waals surface area contributed by atoms with E-state index in [1.807, 2.05) is 0 Å². The molecule has 0 radical (unpaired) electrons. The minimum Gasteiger partial charge on any atom is -0.445 e. The van der Waals surface area contributed by atoms with Crippen molar-refractivity contribution in [2.45, 2.75) is 12.6 Å². The first kappa shape index (κ1) is 18.4. The summed E-state index contributed by atoms with van der Waals surface area (Å²) in [5.74, 6) is 0. The average molecular weight is 302 g/mol. The smallest absolute Gasteiger partial charge is 0.445 e. The first-order valence-corrected chi connectivity index (χ1v) is 4.22. The van der Waals surface area contributed by atoms with Crippen LogP contribution in [0.15, 0.2) is 18.2 Å². The van der Waals surface area contributed by atoms with Crippen LogP contribution < -0.4 is 56.8 Å². The molecule has 0 spiro atoms. The van der Waals surface area contributed by atoms with Gasteiger partial charge in [0.15, 0.2) is 0 Å². The molecule has 0 unspecified atom stereocenters. The number of hydrogen-bond acceptors (Lipinski definition) is 0. The fraction of sp³-hybridized carbons (Fsp3) is 0.250. The van der Waals surface area contributed by atoms with Crippen molar-refractivity contribution in [1.29, 1.82) is 0 Å². The molecule has 0 saturated carbocycles. The molecule has 0 aliphatic heterocycles. The first-order chi connectivity index (χ1) is 7.53. The predicted molar refractivity (Wildman–Crippen MR) is 45.1 cm³/mol. The second kappa shape index (κ2) is 6.21. The molecule has 1 aromatic carbocycles. The van der Waals surface area contributed by atoms with Crippen LogP contribution in [0.4, 0.5) is 34.9 Å². The van der Waals surface area contributed by atoms with Crippen molar-refractivity contribution in [2.24, 2.45) is 0 Å². The van der Waals surface area contributed by atoms with Gasteiger partial charge in [0, 0.05) is 0 Å². The SMILES string of the molecule is FC(F)c1cc(C(F)(F)F)ccc1[B-](F)(F)F.[K+]. The predicted octanol–water partition coefficient (Wildman–Crippen LogP) is 0.701. The Kier molecular flexibility index (Phi) is 6.33. The van der Waals surface area contributed by atoms with Crippen LogP contribution in [0.3, 0.4) is 0 Å². The summed E-state index contributed by atoms with van der Waals surface area (Å²) in [6.07, 6.45) is -8.57. The molecule has 0 aliphatic carbocycles. The zero-order chi connectivity index (χ0) is 13.4. The summed E-state index contributed by atoms with van der Waals surface area (Å²) < 4.78 is 97.8. The summed E-state index contributed by atoms with van der Waals surface area (Å²) in [5, 5.41) is 0. The van der Waals surface area contributed by atoms with Crippen LogP contribution in [0.25, 0.3) is 0 Å². The van der Waals surface area contributed by atoms with E-state index in [9.17, 15) is 34.9 Å². The van der Waals surface area contributed by atoms with Crippen molar-refractivity contribution in [2.75, 3.05) is 0 Å². The second-order valence-corrected chi connectivity index (χ2v) is 3.22. The Hall–Kier alpha value is 0.361. The van der Waals surface area contributed by atoms with Gasteiger partial charge in [-0.25, -0.2) is 8.78 Å². The number of benzene rings is 1. The van der Waals surface area contributed by atoms with E-state index in [4.69, 9.17) is 0 Å². The van der Waals surface area contributed by atoms with Gasteiger partial charge < -0.3 is 12.9 Å². The molecule has 0 heterocycles. The van der Waals surface area contributed by atoms with E-state index < -0.39 is 36.2 Å². The number of hydrogen-bond donors (Lipinski definition) is 0. The van der Waals surface area contributed by atoms with Crippen molar-refractivity contribution < 1.29 is 86.3 Å². The molecular weight excluding hydrogens is 298 g/mol. The van der Waals surface area contributed by atoms with Gasteiger partial charge in [-0.1, -0.05) is 17.6 Å². The summed E-state index contributed by atoms with van der Waals surface area (Å²) in [7, 11) is 0. The molecule has 96 valence electrons. The zero-order valence-electron chi connectivity index (χ0n) is 8.91. The maximum absolute atomic E-state index is 12.3. The molecule has 0 saturated heterocycles. The molecule has 1 rings (SSSR count). The van der Waals surface area contributed by atoms with Gasteiger partial charge in [-0.15, -0.1) is 0 Å². The quantitative estimate of drug-likeness (QED) is 0.557. The molecule has 0 atom stereocenters. The molecule has 0 nitrogen and oxygen atoms in total. The molecule has 18 heavy (non-hydrogen) atoms. The van der Waals surface area contributed by atoms with Crippen molar-refractivity contribution in [3.63, 3.8) is 0 Å². The van der Waals surface area contributed by atoms with E-state index in [0.29, 0.717) is 0 Å². The summed E-state index contributed by atoms with van der Waals surface area (Å²) in [4.78, 5) is 0. The van der Waals surface area contributed by atoms with Crippen LogP contribution >= 0.6 is 0 Å². The van der Waals surface area contributed by atoms with Gasteiger partial charge in [0.2, 0.25) is 0 Å². The molecule has 10 heteroatoms. The Labute approximate surface area is 139 Å². The number of rotatable bonds is 2. The third-order valence-corrected chi connectivity index (χ3v) is 2.00. The van der Waals surface area contributed by atoms with Crippen LogP contribution in [0.5, 0.6) is 0 Å². The van der Waals surface area contributed by atoms with Crippen molar-refractivity contribution in [1.82, 2.24) is 0 Å². The third-order valence-electron chi connectivity index (χ3n) is 2.00. The Bertz CT molecular complexity index is 411. The van der Waals surface area contributed by atoms with Gasteiger partial charge in [0.25, 0.3) is 6.43 Å². The third kappa shape index (κ3) is 4.48. The summed E-state index contributed by atoms with van der Waals surface area (Å²) >= 11 is 0. The van der Waals surface area contributed by atoms with Crippen LogP contribution in [0.2, 0.25) is 0 Å². The topological polar surface area (TPSA) is 0 Å². The van der Waals surface area contributed by atoms with Gasteiger partial charge in [-0.2, -0.15) is 13.2 Å². The van der Waals surface area contributed by atoms with Gasteiger partial charge >= 0.3 is 64.5 Å². The Morgan fingerprint density at radius 3 is 1.83 bits per heavy atom. The molecule has 0 amide bonds. The molecule has 0 N–H and O–H groups in total. The second-order valence-electron chi connectivity index (χ2n) is 3.22. The van der Waals surface area contributed by atoms with E-state index >= 15 is 0 Å². The molecule has 0 aliphatic rings. The zero-order valence-corrected chi connectivity index (χ0v) is 12.0. The van der Waals surface area contributed by atoms with E-state index in [2.05, 4.69) is 0 Å². The fourth-order valence-electron chi connectivity index (χ4n) is 1.24. The fourth-order valence-corrected chi connectivity index (χ4v) is 1.24. The Morgan fingerprint density at radius 1 is 1.00 bits per heavy atom. The number of alkyl halides is 5. The van der Waals surface area contributed by atoms with Gasteiger partial charge in [-0.3, -0.25) is 0 Å². The summed E-state index contributed by atoms with van der Waals surface area (Å²) in [5.41, 5.74) is -4.88. The minimum absolute atomic E-state index is 0. The summed E-state index contributed by atoms with van der Waals surface area (Å²) in [6.45, 7) is -5.77. The van der Waals surface area contributed by atoms with Gasteiger partial charge in [0.05, 0.1) is 5.56 Å². The van der Waals surface area contributed by atoms with E-state index in [1.54, 1.807) is 0 Å². The largest absolute Gasteiger partial charge is 1.00 e. The molecular formula is C8H4BF8K. The van der Waals surface area contributed by atoms with Crippen molar-refractivity contribution in [3.05, 3.63) is 29.3 Å². The standard InChI is InChI=1S/C8H4BF8.K/c10-7(11)5-3-4(8(12,13)14)1-2-6(5)9(15,16)17;/h1-3,7H;/q-1;+1. The van der Waals surface area contributed by atoms with Crippen LogP contribution in [0, 0.1) is 0 Å². The van der Waals surface area contributed by atoms with Crippen LogP contribution in [0.1, 0.15) is 17.6 Å². The van der Waals surface area contributed by atoms with E-state index in [1.165, 1.54) is 0 Å². The molecule has 0 aromatic heterocycles. The minimum atomic E-state index is -5.77. The van der Waals surface area contributed by atoms with Crippen molar-refractivity contribution in [3.8, 4) is 0 Å². The van der Waals surface area contributed by atoms with Crippen LogP contribution in [-0.4, -0.2) is 6.98 Å². The van der Waals surface area contributed by atoms with E-state index in [-0.39, 0.29) is 69.6 Å². The van der Waals surface area contributed by atoms with E-state index in [0.717, 1.165) is 0 Å². The maximum atomic E-state index is 12.3. The average Bonchev–Trinajstić information content (AvgIpc) is 2.14.